The minimum Gasteiger partial charge on any atom is -0.393 e. The van der Waals surface area contributed by atoms with Crippen LogP contribution in [0.3, 0.4) is 0 Å². The number of nitrogens with zero attached hydrogens (tertiary/aromatic N) is 2. The number of carbonyl (C=O) groups excluding carboxylic acids is 1. The summed E-state index contributed by atoms with van der Waals surface area (Å²) in [6.45, 7) is 8.67. The highest BCUT2D eigenvalue weighted by atomic mass is 16.3. The molecule has 0 radical (unpaired) electrons. The zero-order chi connectivity index (χ0) is 15.2. The Labute approximate surface area is 128 Å². The van der Waals surface area contributed by atoms with Gasteiger partial charge in [-0.05, 0) is 52.6 Å². The Balaban J connectivity index is 1.74. The Morgan fingerprint density at radius 2 is 1.90 bits per heavy atom. The Morgan fingerprint density at radius 3 is 2.57 bits per heavy atom. The smallest absolute Gasteiger partial charge is 0.317 e. The first-order valence-electron chi connectivity index (χ1n) is 8.52. The lowest BCUT2D eigenvalue weighted by atomic mass is 9.94. The van der Waals surface area contributed by atoms with Gasteiger partial charge in [0.1, 0.15) is 0 Å². The van der Waals surface area contributed by atoms with Gasteiger partial charge in [-0.15, -0.1) is 0 Å². The van der Waals surface area contributed by atoms with Gasteiger partial charge in [0, 0.05) is 31.6 Å². The van der Waals surface area contributed by atoms with Gasteiger partial charge in [-0.25, -0.2) is 4.79 Å². The van der Waals surface area contributed by atoms with Crippen LogP contribution >= 0.6 is 0 Å². The molecule has 2 rings (SSSR count). The highest BCUT2D eigenvalue weighted by molar-refractivity contribution is 5.74. The summed E-state index contributed by atoms with van der Waals surface area (Å²) in [4.78, 5) is 16.6. The van der Waals surface area contributed by atoms with E-state index in [1.165, 1.54) is 19.3 Å². The van der Waals surface area contributed by atoms with Crippen molar-refractivity contribution in [3.63, 3.8) is 0 Å². The van der Waals surface area contributed by atoms with Crippen molar-refractivity contribution in [1.29, 1.82) is 0 Å². The molecule has 21 heavy (non-hydrogen) atoms. The van der Waals surface area contributed by atoms with E-state index in [2.05, 4.69) is 17.1 Å². The minimum absolute atomic E-state index is 0.0323. The number of hydrogen-bond acceptors (Lipinski definition) is 3. The fraction of sp³-hybridized carbons (Fsp3) is 0.938. The summed E-state index contributed by atoms with van der Waals surface area (Å²) in [7, 11) is 0. The second kappa shape index (κ2) is 7.99. The summed E-state index contributed by atoms with van der Waals surface area (Å²) >= 11 is 0. The number of amides is 2. The van der Waals surface area contributed by atoms with Crippen LogP contribution in [0.15, 0.2) is 0 Å². The number of urea groups is 1. The molecular weight excluding hydrogens is 266 g/mol. The van der Waals surface area contributed by atoms with E-state index in [0.717, 1.165) is 39.0 Å². The molecule has 0 aromatic rings. The number of piperidine rings is 2. The number of nitrogens with one attached hydrogen (secondary N) is 1. The van der Waals surface area contributed by atoms with E-state index in [1.807, 2.05) is 11.8 Å². The van der Waals surface area contributed by atoms with Gasteiger partial charge < -0.3 is 20.2 Å². The number of carbonyl (C=O) groups is 1. The van der Waals surface area contributed by atoms with Crippen molar-refractivity contribution in [3.05, 3.63) is 0 Å². The maximum atomic E-state index is 12.3. The molecular formula is C16H31N3O2. The molecule has 0 saturated carbocycles. The molecule has 0 aromatic carbocycles. The Hall–Kier alpha value is -0.810. The number of rotatable bonds is 4. The monoisotopic (exact) mass is 297 g/mol. The lowest BCUT2D eigenvalue weighted by Crippen LogP contribution is -2.51. The third-order valence-electron chi connectivity index (χ3n) is 4.78. The summed E-state index contributed by atoms with van der Waals surface area (Å²) < 4.78 is 0. The van der Waals surface area contributed by atoms with Crippen molar-refractivity contribution in [1.82, 2.24) is 15.1 Å². The van der Waals surface area contributed by atoms with Crippen LogP contribution in [0.1, 0.15) is 46.0 Å². The molecule has 5 heteroatoms. The predicted octanol–water partition coefficient (Wildman–Crippen LogP) is 1.66. The SMILES string of the molecule is CC(CN1CCCCC1)NC(=O)N1CCCC(C(C)O)C1. The predicted molar refractivity (Wildman–Crippen MR) is 84.3 cm³/mol. The van der Waals surface area contributed by atoms with Crippen LogP contribution in [-0.2, 0) is 0 Å². The maximum Gasteiger partial charge on any atom is 0.317 e. The highest BCUT2D eigenvalue weighted by Crippen LogP contribution is 2.19. The zero-order valence-corrected chi connectivity index (χ0v) is 13.6. The van der Waals surface area contributed by atoms with Gasteiger partial charge in [-0.2, -0.15) is 0 Å². The summed E-state index contributed by atoms with van der Waals surface area (Å²) in [5, 5.41) is 12.8. The Bertz CT molecular complexity index is 329. The van der Waals surface area contributed by atoms with Crippen LogP contribution in [0, 0.1) is 5.92 Å². The molecule has 122 valence electrons. The second-order valence-electron chi connectivity index (χ2n) is 6.80. The molecule has 0 spiro atoms. The van der Waals surface area contributed by atoms with Crippen molar-refractivity contribution in [3.8, 4) is 0 Å². The van der Waals surface area contributed by atoms with Crippen LogP contribution in [0.25, 0.3) is 0 Å². The summed E-state index contributed by atoms with van der Waals surface area (Å²) in [6.07, 6.45) is 5.58. The number of hydrogen-bond donors (Lipinski definition) is 2. The molecule has 2 fully saturated rings. The molecule has 0 bridgehead atoms. The molecule has 2 aliphatic heterocycles. The third kappa shape index (κ3) is 5.15. The quantitative estimate of drug-likeness (QED) is 0.830. The van der Waals surface area contributed by atoms with Crippen LogP contribution in [0.4, 0.5) is 4.79 Å². The normalized spacial score (nSPS) is 27.2. The molecule has 3 atom stereocenters. The topological polar surface area (TPSA) is 55.8 Å². The van der Waals surface area contributed by atoms with Gasteiger partial charge in [-0.3, -0.25) is 0 Å². The number of aliphatic hydroxyl groups is 1. The largest absolute Gasteiger partial charge is 0.393 e. The second-order valence-corrected chi connectivity index (χ2v) is 6.80. The van der Waals surface area contributed by atoms with Crippen molar-refractivity contribution >= 4 is 6.03 Å². The average Bonchev–Trinajstić information content (AvgIpc) is 2.48. The van der Waals surface area contributed by atoms with E-state index in [4.69, 9.17) is 0 Å². The molecule has 5 nitrogen and oxygen atoms in total. The van der Waals surface area contributed by atoms with Crippen molar-refractivity contribution < 1.29 is 9.90 Å². The van der Waals surface area contributed by atoms with Crippen molar-refractivity contribution in [2.24, 2.45) is 5.92 Å². The van der Waals surface area contributed by atoms with Gasteiger partial charge in [0.25, 0.3) is 0 Å². The lowest BCUT2D eigenvalue weighted by Gasteiger charge is -2.35. The first-order valence-corrected chi connectivity index (χ1v) is 8.52. The van der Waals surface area contributed by atoms with Gasteiger partial charge in [0.05, 0.1) is 6.10 Å². The molecule has 2 amide bonds. The highest BCUT2D eigenvalue weighted by Gasteiger charge is 2.27. The Kier molecular flexibility index (Phi) is 6.30. The standard InChI is InChI=1S/C16H31N3O2/c1-13(11-18-8-4-3-5-9-18)17-16(21)19-10-6-7-15(12-19)14(2)20/h13-15,20H,3-12H2,1-2H3,(H,17,21). The van der Waals surface area contributed by atoms with E-state index >= 15 is 0 Å². The van der Waals surface area contributed by atoms with Crippen LogP contribution in [-0.4, -0.2) is 65.8 Å². The van der Waals surface area contributed by atoms with Crippen LogP contribution < -0.4 is 5.32 Å². The lowest BCUT2D eigenvalue weighted by molar-refractivity contribution is 0.0729. The Morgan fingerprint density at radius 1 is 1.19 bits per heavy atom. The minimum atomic E-state index is -0.327. The number of likely N-dealkylation sites (tertiary alicyclic amines) is 2. The molecule has 3 unspecified atom stereocenters. The first kappa shape index (κ1) is 16.6. The molecule has 2 N–H and O–H groups in total. The van der Waals surface area contributed by atoms with Gasteiger partial charge in [-0.1, -0.05) is 6.42 Å². The first-order chi connectivity index (χ1) is 10.1. The molecule has 0 aromatic heterocycles. The van der Waals surface area contributed by atoms with Gasteiger partial charge in [0.2, 0.25) is 0 Å². The van der Waals surface area contributed by atoms with E-state index in [-0.39, 0.29) is 24.1 Å². The summed E-state index contributed by atoms with van der Waals surface area (Å²) in [5.74, 6) is 0.224. The average molecular weight is 297 g/mol. The maximum absolute atomic E-state index is 12.3. The molecule has 2 aliphatic rings. The van der Waals surface area contributed by atoms with Gasteiger partial charge in [0.15, 0.2) is 0 Å². The van der Waals surface area contributed by atoms with E-state index in [0.29, 0.717) is 6.54 Å². The summed E-state index contributed by atoms with van der Waals surface area (Å²) in [5.41, 5.74) is 0. The zero-order valence-electron chi connectivity index (χ0n) is 13.6. The van der Waals surface area contributed by atoms with Crippen molar-refractivity contribution in [2.75, 3.05) is 32.7 Å². The molecule has 2 heterocycles. The molecule has 0 aliphatic carbocycles. The number of aliphatic hydroxyl groups excluding tert-OH is 1. The van der Waals surface area contributed by atoms with Crippen LogP contribution in [0.2, 0.25) is 0 Å². The third-order valence-corrected chi connectivity index (χ3v) is 4.78. The van der Waals surface area contributed by atoms with E-state index in [9.17, 15) is 9.90 Å². The van der Waals surface area contributed by atoms with Crippen molar-refractivity contribution in [2.45, 2.75) is 58.1 Å². The van der Waals surface area contributed by atoms with E-state index in [1.54, 1.807) is 0 Å². The van der Waals surface area contributed by atoms with E-state index < -0.39 is 0 Å². The van der Waals surface area contributed by atoms with Crippen LogP contribution in [0.5, 0.6) is 0 Å². The fourth-order valence-corrected chi connectivity index (χ4v) is 3.47. The summed E-state index contributed by atoms with van der Waals surface area (Å²) in [6, 6.07) is 0.215. The molecule has 2 saturated heterocycles. The fourth-order valence-electron chi connectivity index (χ4n) is 3.47. The van der Waals surface area contributed by atoms with Gasteiger partial charge >= 0.3 is 6.03 Å².